The Morgan fingerprint density at radius 1 is 1.80 bits per heavy atom. The van der Waals surface area contributed by atoms with E-state index < -0.39 is 0 Å². The van der Waals surface area contributed by atoms with Crippen LogP contribution in [0.25, 0.3) is 0 Å². The minimum Gasteiger partial charge on any atom is -0.390 e. The van der Waals surface area contributed by atoms with Gasteiger partial charge in [0, 0.05) is 0 Å². The first-order valence-corrected chi connectivity index (χ1v) is 4.00. The molecule has 0 saturated heterocycles. The summed E-state index contributed by atoms with van der Waals surface area (Å²) in [6, 6.07) is 0. The summed E-state index contributed by atoms with van der Waals surface area (Å²) in [6.45, 7) is 5.57. The molecule has 0 heterocycles. The van der Waals surface area contributed by atoms with Crippen LogP contribution in [0.1, 0.15) is 32.6 Å². The van der Waals surface area contributed by atoms with Crippen LogP contribution in [0.2, 0.25) is 0 Å². The zero-order chi connectivity index (χ0) is 7.61. The van der Waals surface area contributed by atoms with Crippen molar-refractivity contribution in [2.45, 2.75) is 38.2 Å². The van der Waals surface area contributed by atoms with Crippen molar-refractivity contribution in [2.24, 2.45) is 5.92 Å². The van der Waals surface area contributed by atoms with Crippen LogP contribution < -0.4 is 0 Å². The summed E-state index contributed by atoms with van der Waals surface area (Å²) in [7, 11) is 0. The van der Waals surface area contributed by atoms with Crippen molar-refractivity contribution in [1.29, 1.82) is 0 Å². The minimum absolute atomic E-state index is 0.318. The van der Waals surface area contributed by atoms with E-state index in [0.717, 1.165) is 12.8 Å². The summed E-state index contributed by atoms with van der Waals surface area (Å²) in [5.74, 6) is 0.576. The third-order valence-electron chi connectivity index (χ3n) is 2.34. The van der Waals surface area contributed by atoms with Crippen LogP contribution in [-0.4, -0.2) is 10.7 Å². The normalized spacial score (nSPS) is 37.6. The molecule has 10 heavy (non-hydrogen) atoms. The molecule has 1 nitrogen and oxygen atoms in total. The molecule has 1 N–H and O–H groups in total. The predicted molar refractivity (Wildman–Crippen MR) is 42.8 cm³/mol. The second-order valence-corrected chi connectivity index (χ2v) is 3.48. The summed E-state index contributed by atoms with van der Waals surface area (Å²) >= 11 is 0. The fraction of sp³-hybridized carbons (Fsp3) is 0.778. The van der Waals surface area contributed by atoms with Crippen LogP contribution in [0.15, 0.2) is 12.7 Å². The van der Waals surface area contributed by atoms with E-state index in [-0.39, 0.29) is 5.60 Å². The molecule has 0 amide bonds. The molecule has 0 aromatic heterocycles. The standard InChI is InChI=1S/C9H16O/c1-3-4-5-6-8-7-9(8,2)10/h3,8,10H,1,4-7H2,2H3/t8-,9-/m1/s1. The Hall–Kier alpha value is -0.300. The summed E-state index contributed by atoms with van der Waals surface area (Å²) in [6.07, 6.45) is 6.39. The third-order valence-corrected chi connectivity index (χ3v) is 2.34. The lowest BCUT2D eigenvalue weighted by atomic mass is 10.1. The summed E-state index contributed by atoms with van der Waals surface area (Å²) < 4.78 is 0. The van der Waals surface area contributed by atoms with Gasteiger partial charge in [0.15, 0.2) is 0 Å². The molecule has 1 heteroatoms. The van der Waals surface area contributed by atoms with Crippen LogP contribution in [0.3, 0.4) is 0 Å². The highest BCUT2D eigenvalue weighted by Gasteiger charge is 2.47. The lowest BCUT2D eigenvalue weighted by Crippen LogP contribution is -2.02. The van der Waals surface area contributed by atoms with Crippen LogP contribution in [-0.2, 0) is 0 Å². The van der Waals surface area contributed by atoms with Crippen molar-refractivity contribution in [1.82, 2.24) is 0 Å². The van der Waals surface area contributed by atoms with E-state index in [9.17, 15) is 5.11 Å². The molecule has 0 radical (unpaired) electrons. The monoisotopic (exact) mass is 140 g/mol. The number of hydrogen-bond donors (Lipinski definition) is 1. The highest BCUT2D eigenvalue weighted by Crippen LogP contribution is 2.45. The first-order chi connectivity index (χ1) is 4.67. The molecular formula is C9H16O. The van der Waals surface area contributed by atoms with Crippen LogP contribution >= 0.6 is 0 Å². The van der Waals surface area contributed by atoms with Gasteiger partial charge in [-0.3, -0.25) is 0 Å². The Balaban J connectivity index is 2.02. The Labute approximate surface area is 62.8 Å². The molecule has 1 rings (SSSR count). The molecule has 0 bridgehead atoms. The van der Waals surface area contributed by atoms with Crippen LogP contribution in [0.5, 0.6) is 0 Å². The number of allylic oxidation sites excluding steroid dienone is 1. The second-order valence-electron chi connectivity index (χ2n) is 3.48. The van der Waals surface area contributed by atoms with Crippen molar-refractivity contribution in [3.8, 4) is 0 Å². The van der Waals surface area contributed by atoms with E-state index in [2.05, 4.69) is 6.58 Å². The quantitative estimate of drug-likeness (QED) is 0.468. The first-order valence-electron chi connectivity index (χ1n) is 4.00. The van der Waals surface area contributed by atoms with Gasteiger partial charge >= 0.3 is 0 Å². The average Bonchev–Trinajstić information content (AvgIpc) is 2.41. The molecule has 0 aliphatic heterocycles. The Morgan fingerprint density at radius 3 is 2.80 bits per heavy atom. The van der Waals surface area contributed by atoms with E-state index in [1.54, 1.807) is 0 Å². The molecule has 2 atom stereocenters. The van der Waals surface area contributed by atoms with Crippen molar-refractivity contribution in [3.63, 3.8) is 0 Å². The molecule has 0 aromatic carbocycles. The minimum atomic E-state index is -0.318. The van der Waals surface area contributed by atoms with E-state index in [0.29, 0.717) is 5.92 Å². The largest absolute Gasteiger partial charge is 0.390 e. The van der Waals surface area contributed by atoms with E-state index in [1.165, 1.54) is 12.8 Å². The number of hydrogen-bond acceptors (Lipinski definition) is 1. The third kappa shape index (κ3) is 1.84. The van der Waals surface area contributed by atoms with Gasteiger partial charge in [0.05, 0.1) is 5.60 Å². The predicted octanol–water partition coefficient (Wildman–Crippen LogP) is 2.11. The van der Waals surface area contributed by atoms with Gasteiger partial charge < -0.3 is 5.11 Å². The number of rotatable bonds is 4. The fourth-order valence-corrected chi connectivity index (χ4v) is 1.36. The maximum atomic E-state index is 9.37. The van der Waals surface area contributed by atoms with Gasteiger partial charge in [-0.15, -0.1) is 6.58 Å². The van der Waals surface area contributed by atoms with Crippen LogP contribution in [0, 0.1) is 5.92 Å². The molecule has 1 aliphatic carbocycles. The van der Waals surface area contributed by atoms with Gasteiger partial charge in [-0.05, 0) is 38.5 Å². The van der Waals surface area contributed by atoms with Crippen molar-refractivity contribution in [2.75, 3.05) is 0 Å². The molecule has 1 aliphatic rings. The van der Waals surface area contributed by atoms with Crippen molar-refractivity contribution in [3.05, 3.63) is 12.7 Å². The lowest BCUT2D eigenvalue weighted by Gasteiger charge is -1.99. The zero-order valence-electron chi connectivity index (χ0n) is 6.64. The van der Waals surface area contributed by atoms with E-state index in [1.807, 2.05) is 13.0 Å². The summed E-state index contributed by atoms with van der Waals surface area (Å²) in [4.78, 5) is 0. The SMILES string of the molecule is C=CCCC[C@@H]1C[C@@]1(C)O. The fourth-order valence-electron chi connectivity index (χ4n) is 1.36. The second kappa shape index (κ2) is 2.75. The summed E-state index contributed by atoms with van der Waals surface area (Å²) in [5, 5.41) is 9.37. The topological polar surface area (TPSA) is 20.2 Å². The molecule has 1 saturated carbocycles. The number of unbranched alkanes of at least 4 members (excludes halogenated alkanes) is 1. The van der Waals surface area contributed by atoms with Crippen molar-refractivity contribution < 1.29 is 5.11 Å². The van der Waals surface area contributed by atoms with E-state index >= 15 is 0 Å². The highest BCUT2D eigenvalue weighted by atomic mass is 16.3. The molecule has 0 spiro atoms. The van der Waals surface area contributed by atoms with Gasteiger partial charge in [0.25, 0.3) is 0 Å². The van der Waals surface area contributed by atoms with Crippen molar-refractivity contribution >= 4 is 0 Å². The maximum absolute atomic E-state index is 9.37. The molecule has 1 fully saturated rings. The molecule has 58 valence electrons. The Kier molecular flexibility index (Phi) is 2.14. The van der Waals surface area contributed by atoms with Gasteiger partial charge in [-0.25, -0.2) is 0 Å². The molecular weight excluding hydrogens is 124 g/mol. The highest BCUT2D eigenvalue weighted by molar-refractivity contribution is 4.99. The maximum Gasteiger partial charge on any atom is 0.0652 e. The van der Waals surface area contributed by atoms with Gasteiger partial charge in [-0.1, -0.05) is 6.08 Å². The molecule has 0 aromatic rings. The average molecular weight is 140 g/mol. The van der Waals surface area contributed by atoms with E-state index in [4.69, 9.17) is 0 Å². The first kappa shape index (κ1) is 7.80. The van der Waals surface area contributed by atoms with Gasteiger partial charge in [-0.2, -0.15) is 0 Å². The molecule has 0 unspecified atom stereocenters. The zero-order valence-corrected chi connectivity index (χ0v) is 6.64. The van der Waals surface area contributed by atoms with Gasteiger partial charge in [0.1, 0.15) is 0 Å². The smallest absolute Gasteiger partial charge is 0.0652 e. The van der Waals surface area contributed by atoms with Crippen LogP contribution in [0.4, 0.5) is 0 Å². The Morgan fingerprint density at radius 2 is 2.40 bits per heavy atom. The lowest BCUT2D eigenvalue weighted by molar-refractivity contribution is 0.149. The number of aliphatic hydroxyl groups is 1. The summed E-state index contributed by atoms with van der Waals surface area (Å²) in [5.41, 5.74) is -0.318. The van der Waals surface area contributed by atoms with Gasteiger partial charge in [0.2, 0.25) is 0 Å². The Bertz CT molecular complexity index is 127.